The van der Waals surface area contributed by atoms with E-state index in [2.05, 4.69) is 11.4 Å². The van der Waals surface area contributed by atoms with Gasteiger partial charge < -0.3 is 15.3 Å². The quantitative estimate of drug-likeness (QED) is 0.872. The van der Waals surface area contributed by atoms with Crippen LogP contribution in [0.1, 0.15) is 24.5 Å². The third kappa shape index (κ3) is 2.82. The van der Waals surface area contributed by atoms with Gasteiger partial charge in [0, 0.05) is 13.1 Å². The predicted octanol–water partition coefficient (Wildman–Crippen LogP) is 2.20. The summed E-state index contributed by atoms with van der Waals surface area (Å²) in [6.07, 6.45) is 0.425. The lowest BCUT2D eigenvalue weighted by atomic mass is 9.90. The molecule has 1 saturated heterocycles. The van der Waals surface area contributed by atoms with E-state index in [9.17, 15) is 14.7 Å². The molecule has 0 aliphatic carbocycles. The van der Waals surface area contributed by atoms with E-state index in [1.807, 2.05) is 0 Å². The number of anilines is 1. The average Bonchev–Trinajstić information content (AvgIpc) is 2.83. The lowest BCUT2D eigenvalue weighted by Gasteiger charge is -2.21. The zero-order valence-corrected chi connectivity index (χ0v) is 12.0. The maximum atomic E-state index is 12.2. The van der Waals surface area contributed by atoms with Crippen molar-refractivity contribution in [1.29, 1.82) is 5.26 Å². The zero-order valence-electron chi connectivity index (χ0n) is 12.0. The van der Waals surface area contributed by atoms with E-state index in [4.69, 9.17) is 5.26 Å². The zero-order chi connectivity index (χ0) is 15.6. The minimum Gasteiger partial charge on any atom is -0.481 e. The molecule has 1 aromatic rings. The van der Waals surface area contributed by atoms with Gasteiger partial charge in [0.2, 0.25) is 0 Å². The van der Waals surface area contributed by atoms with Gasteiger partial charge in [-0.25, -0.2) is 4.79 Å². The van der Waals surface area contributed by atoms with Gasteiger partial charge in [-0.15, -0.1) is 0 Å². The molecule has 6 nitrogen and oxygen atoms in total. The number of benzene rings is 1. The van der Waals surface area contributed by atoms with Gasteiger partial charge in [0.25, 0.3) is 0 Å². The first-order valence-corrected chi connectivity index (χ1v) is 6.66. The highest BCUT2D eigenvalue weighted by atomic mass is 16.4. The van der Waals surface area contributed by atoms with Crippen LogP contribution in [0.4, 0.5) is 10.5 Å². The number of urea groups is 1. The molecule has 0 aromatic heterocycles. The summed E-state index contributed by atoms with van der Waals surface area (Å²) in [6, 6.07) is 6.91. The summed E-state index contributed by atoms with van der Waals surface area (Å²) in [5.41, 5.74) is 0.756. The number of carbonyl (C=O) groups is 2. The summed E-state index contributed by atoms with van der Waals surface area (Å²) < 4.78 is 0. The Morgan fingerprint density at radius 3 is 2.76 bits per heavy atom. The number of hydrogen-bond acceptors (Lipinski definition) is 3. The second-order valence-corrected chi connectivity index (χ2v) is 5.58. The van der Waals surface area contributed by atoms with Crippen LogP contribution in [0.5, 0.6) is 0 Å². The highest BCUT2D eigenvalue weighted by Crippen LogP contribution is 2.30. The van der Waals surface area contributed by atoms with E-state index >= 15 is 0 Å². The first-order valence-electron chi connectivity index (χ1n) is 6.66. The number of rotatable bonds is 2. The van der Waals surface area contributed by atoms with Crippen LogP contribution in [0.15, 0.2) is 18.2 Å². The Balaban J connectivity index is 2.12. The van der Waals surface area contributed by atoms with Gasteiger partial charge >= 0.3 is 12.0 Å². The fourth-order valence-electron chi connectivity index (χ4n) is 2.42. The van der Waals surface area contributed by atoms with Gasteiger partial charge in [-0.1, -0.05) is 12.1 Å². The van der Waals surface area contributed by atoms with Gasteiger partial charge in [-0.2, -0.15) is 5.26 Å². The molecule has 0 spiro atoms. The number of hydrogen-bond donors (Lipinski definition) is 2. The molecule has 1 aliphatic heterocycles. The van der Waals surface area contributed by atoms with Gasteiger partial charge in [0.15, 0.2) is 0 Å². The van der Waals surface area contributed by atoms with E-state index in [1.54, 1.807) is 32.0 Å². The molecule has 0 saturated carbocycles. The molecule has 1 atom stereocenters. The van der Waals surface area contributed by atoms with Crippen LogP contribution in [-0.2, 0) is 4.79 Å². The van der Waals surface area contributed by atoms with E-state index in [1.165, 1.54) is 4.90 Å². The molecule has 0 bridgehead atoms. The molecule has 21 heavy (non-hydrogen) atoms. The molecule has 2 amide bonds. The van der Waals surface area contributed by atoms with Crippen molar-refractivity contribution in [3.8, 4) is 6.07 Å². The Labute approximate surface area is 123 Å². The molecule has 2 rings (SSSR count). The topological polar surface area (TPSA) is 93.4 Å². The molecular weight excluding hydrogens is 270 g/mol. The largest absolute Gasteiger partial charge is 0.481 e. The first kappa shape index (κ1) is 14.9. The third-order valence-corrected chi connectivity index (χ3v) is 3.90. The number of carboxylic acids is 1. The van der Waals surface area contributed by atoms with Crippen LogP contribution in [0.25, 0.3) is 0 Å². The second-order valence-electron chi connectivity index (χ2n) is 5.58. The van der Waals surface area contributed by atoms with E-state index < -0.39 is 11.4 Å². The number of carbonyl (C=O) groups excluding carboxylic acids is 1. The van der Waals surface area contributed by atoms with Crippen molar-refractivity contribution in [3.63, 3.8) is 0 Å². The number of aliphatic carboxylic acids is 1. The standard InChI is InChI=1S/C15H17N3O3/c1-10-4-3-5-12(11(10)8-16)17-14(21)18-7-6-15(2,9-18)13(19)20/h3-5H,6-7,9H2,1-2H3,(H,17,21)(H,19,20). The number of nitriles is 1. The number of nitrogens with zero attached hydrogens (tertiary/aromatic N) is 2. The Morgan fingerprint density at radius 2 is 2.19 bits per heavy atom. The average molecular weight is 287 g/mol. The summed E-state index contributed by atoms with van der Waals surface area (Å²) in [7, 11) is 0. The predicted molar refractivity (Wildman–Crippen MR) is 76.8 cm³/mol. The Bertz CT molecular complexity index is 636. The summed E-state index contributed by atoms with van der Waals surface area (Å²) >= 11 is 0. The molecule has 1 aliphatic rings. The smallest absolute Gasteiger partial charge is 0.321 e. The van der Waals surface area contributed by atoms with Crippen LogP contribution < -0.4 is 5.32 Å². The molecule has 1 heterocycles. The van der Waals surface area contributed by atoms with Crippen LogP contribution in [0.2, 0.25) is 0 Å². The molecule has 1 aromatic carbocycles. The van der Waals surface area contributed by atoms with Crippen LogP contribution in [0, 0.1) is 23.7 Å². The van der Waals surface area contributed by atoms with Crippen molar-refractivity contribution in [2.24, 2.45) is 5.41 Å². The Morgan fingerprint density at radius 1 is 1.48 bits per heavy atom. The number of carboxylic acid groups (broad SMARTS) is 1. The van der Waals surface area contributed by atoms with Crippen molar-refractivity contribution < 1.29 is 14.7 Å². The molecule has 2 N–H and O–H groups in total. The highest BCUT2D eigenvalue weighted by molar-refractivity contribution is 5.92. The third-order valence-electron chi connectivity index (χ3n) is 3.90. The van der Waals surface area contributed by atoms with Crippen molar-refractivity contribution in [2.75, 3.05) is 18.4 Å². The second kappa shape index (κ2) is 5.44. The van der Waals surface area contributed by atoms with Crippen molar-refractivity contribution in [2.45, 2.75) is 20.3 Å². The van der Waals surface area contributed by atoms with Crippen LogP contribution in [0.3, 0.4) is 0 Å². The normalized spacial score (nSPS) is 20.9. The SMILES string of the molecule is Cc1cccc(NC(=O)N2CCC(C)(C(=O)O)C2)c1C#N. The van der Waals surface area contributed by atoms with Crippen LogP contribution in [-0.4, -0.2) is 35.1 Å². The molecular formula is C15H17N3O3. The highest BCUT2D eigenvalue weighted by Gasteiger charge is 2.42. The molecule has 1 fully saturated rings. The maximum absolute atomic E-state index is 12.2. The molecule has 0 radical (unpaired) electrons. The molecule has 1 unspecified atom stereocenters. The van der Waals surface area contributed by atoms with Crippen LogP contribution >= 0.6 is 0 Å². The summed E-state index contributed by atoms with van der Waals surface area (Å²) in [4.78, 5) is 24.9. The minimum atomic E-state index is -0.901. The number of nitrogens with one attached hydrogen (secondary N) is 1. The monoisotopic (exact) mass is 287 g/mol. The number of likely N-dealkylation sites (tertiary alicyclic amines) is 1. The fraction of sp³-hybridized carbons (Fsp3) is 0.400. The number of aryl methyl sites for hydroxylation is 1. The molecule has 6 heteroatoms. The molecule has 110 valence electrons. The van der Waals surface area contributed by atoms with Crippen molar-refractivity contribution in [1.82, 2.24) is 4.90 Å². The maximum Gasteiger partial charge on any atom is 0.321 e. The lowest BCUT2D eigenvalue weighted by molar-refractivity contribution is -0.146. The summed E-state index contributed by atoms with van der Waals surface area (Å²) in [6.45, 7) is 3.99. The van der Waals surface area contributed by atoms with E-state index in [0.29, 0.717) is 24.2 Å². The first-order chi connectivity index (χ1) is 9.87. The van der Waals surface area contributed by atoms with Crippen molar-refractivity contribution in [3.05, 3.63) is 29.3 Å². The van der Waals surface area contributed by atoms with E-state index in [0.717, 1.165) is 5.56 Å². The fourth-order valence-corrected chi connectivity index (χ4v) is 2.42. The van der Waals surface area contributed by atoms with Gasteiger partial charge in [-0.3, -0.25) is 4.79 Å². The van der Waals surface area contributed by atoms with E-state index in [-0.39, 0.29) is 12.6 Å². The minimum absolute atomic E-state index is 0.169. The van der Waals surface area contributed by atoms with Gasteiger partial charge in [0.05, 0.1) is 16.7 Å². The lowest BCUT2D eigenvalue weighted by Crippen LogP contribution is -2.37. The summed E-state index contributed by atoms with van der Waals surface area (Å²) in [5.74, 6) is -0.897. The van der Waals surface area contributed by atoms with Gasteiger partial charge in [-0.05, 0) is 31.9 Å². The Hall–Kier alpha value is -2.55. The Kier molecular flexibility index (Phi) is 3.85. The van der Waals surface area contributed by atoms with Crippen molar-refractivity contribution >= 4 is 17.7 Å². The summed E-state index contributed by atoms with van der Waals surface area (Å²) in [5, 5.41) is 21.0. The van der Waals surface area contributed by atoms with Gasteiger partial charge in [0.1, 0.15) is 6.07 Å². The number of amides is 2.